The van der Waals surface area contributed by atoms with Crippen molar-refractivity contribution in [2.24, 2.45) is 5.41 Å². The molecule has 3 rings (SSSR count). The molecule has 112 valence electrons. The van der Waals surface area contributed by atoms with Gasteiger partial charge in [0.25, 0.3) is 0 Å². The molecule has 0 amide bonds. The number of aliphatic hydroxyl groups is 1. The Morgan fingerprint density at radius 1 is 0.952 bits per heavy atom. The first-order valence-corrected chi connectivity index (χ1v) is 8.13. The summed E-state index contributed by atoms with van der Waals surface area (Å²) >= 11 is 0. The third kappa shape index (κ3) is 2.53. The highest BCUT2D eigenvalue weighted by Crippen LogP contribution is 2.49. The fourth-order valence-electron chi connectivity index (χ4n) is 4.09. The van der Waals surface area contributed by atoms with Crippen LogP contribution in [0.15, 0.2) is 30.3 Å². The number of anilines is 1. The third-order valence-electron chi connectivity index (χ3n) is 5.52. The van der Waals surface area contributed by atoms with Crippen molar-refractivity contribution in [2.45, 2.75) is 50.5 Å². The van der Waals surface area contributed by atoms with E-state index in [0.717, 1.165) is 38.8 Å². The summed E-state index contributed by atoms with van der Waals surface area (Å²) in [5.41, 5.74) is -0.0872. The molecule has 0 atom stereocenters. The van der Waals surface area contributed by atoms with Gasteiger partial charge >= 0.3 is 0 Å². The van der Waals surface area contributed by atoms with Crippen LogP contribution in [0.2, 0.25) is 0 Å². The molecular weight excluding hydrogens is 260 g/mol. The highest BCUT2D eigenvalue weighted by molar-refractivity contribution is 5.46. The molecule has 0 bridgehead atoms. The number of para-hydroxylation sites is 1. The van der Waals surface area contributed by atoms with Gasteiger partial charge in [-0.15, -0.1) is 0 Å². The second-order valence-electron chi connectivity index (χ2n) is 6.61. The van der Waals surface area contributed by atoms with Crippen molar-refractivity contribution in [3.05, 3.63) is 30.3 Å². The number of rotatable bonds is 2. The van der Waals surface area contributed by atoms with Gasteiger partial charge in [-0.05, 0) is 37.8 Å². The van der Waals surface area contributed by atoms with Crippen LogP contribution in [0.4, 0.5) is 5.69 Å². The van der Waals surface area contributed by atoms with Crippen LogP contribution in [0.3, 0.4) is 0 Å². The number of nitriles is 1. The Morgan fingerprint density at radius 2 is 1.57 bits per heavy atom. The lowest BCUT2D eigenvalue weighted by atomic mass is 9.61. The van der Waals surface area contributed by atoms with E-state index in [2.05, 4.69) is 23.1 Å². The standard InChI is InChI=1S/C18H24N2O/c19-15-17(9-5-2-6-10-17)18(21)11-13-20(14-12-18)16-7-3-1-4-8-16/h1,3-4,7-8,21H,2,5-6,9-14H2. The van der Waals surface area contributed by atoms with Crippen LogP contribution in [0.1, 0.15) is 44.9 Å². The van der Waals surface area contributed by atoms with Crippen molar-refractivity contribution in [3.63, 3.8) is 0 Å². The lowest BCUT2D eigenvalue weighted by molar-refractivity contribution is -0.0887. The number of hydrogen-bond donors (Lipinski definition) is 1. The molecule has 1 aliphatic heterocycles. The molecule has 0 spiro atoms. The maximum atomic E-state index is 11.2. The predicted octanol–water partition coefficient (Wildman–Crippen LogP) is 3.49. The topological polar surface area (TPSA) is 47.3 Å². The van der Waals surface area contributed by atoms with Gasteiger partial charge in [-0.1, -0.05) is 37.5 Å². The van der Waals surface area contributed by atoms with E-state index < -0.39 is 11.0 Å². The average molecular weight is 284 g/mol. The number of nitrogens with zero attached hydrogens (tertiary/aromatic N) is 2. The summed E-state index contributed by atoms with van der Waals surface area (Å²) in [5, 5.41) is 20.9. The van der Waals surface area contributed by atoms with E-state index in [1.54, 1.807) is 0 Å². The van der Waals surface area contributed by atoms with Crippen LogP contribution in [0, 0.1) is 16.7 Å². The molecule has 21 heavy (non-hydrogen) atoms. The van der Waals surface area contributed by atoms with Crippen LogP contribution in [0.25, 0.3) is 0 Å². The molecule has 1 aliphatic carbocycles. The number of hydrogen-bond acceptors (Lipinski definition) is 3. The minimum absolute atomic E-state index is 0.506. The molecule has 2 fully saturated rings. The monoisotopic (exact) mass is 284 g/mol. The van der Waals surface area contributed by atoms with Crippen molar-refractivity contribution >= 4 is 5.69 Å². The van der Waals surface area contributed by atoms with Gasteiger partial charge in [0.05, 0.1) is 17.1 Å². The number of piperidine rings is 1. The Hall–Kier alpha value is -1.53. The predicted molar refractivity (Wildman–Crippen MR) is 84.0 cm³/mol. The van der Waals surface area contributed by atoms with Crippen LogP contribution in [-0.2, 0) is 0 Å². The highest BCUT2D eigenvalue weighted by Gasteiger charge is 2.52. The van der Waals surface area contributed by atoms with Crippen molar-refractivity contribution in [3.8, 4) is 6.07 Å². The van der Waals surface area contributed by atoms with E-state index in [-0.39, 0.29) is 0 Å². The molecule has 1 N–H and O–H groups in total. The molecule has 1 heterocycles. The van der Waals surface area contributed by atoms with Gasteiger partial charge in [-0.2, -0.15) is 5.26 Å². The Morgan fingerprint density at radius 3 is 2.14 bits per heavy atom. The molecule has 0 unspecified atom stereocenters. The molecule has 0 aromatic heterocycles. The van der Waals surface area contributed by atoms with Gasteiger partial charge in [-0.25, -0.2) is 0 Å². The van der Waals surface area contributed by atoms with E-state index in [1.165, 1.54) is 12.1 Å². The van der Waals surface area contributed by atoms with E-state index in [0.29, 0.717) is 12.8 Å². The molecule has 3 nitrogen and oxygen atoms in total. The summed E-state index contributed by atoms with van der Waals surface area (Å²) < 4.78 is 0. The van der Waals surface area contributed by atoms with Crippen LogP contribution >= 0.6 is 0 Å². The van der Waals surface area contributed by atoms with Gasteiger partial charge < -0.3 is 10.0 Å². The van der Waals surface area contributed by atoms with E-state index in [4.69, 9.17) is 0 Å². The largest absolute Gasteiger partial charge is 0.388 e. The smallest absolute Gasteiger partial charge is 0.0866 e. The zero-order chi connectivity index (χ0) is 14.8. The quantitative estimate of drug-likeness (QED) is 0.904. The SMILES string of the molecule is N#CC1(C2(O)CCN(c3ccccc3)CC2)CCCCC1. The average Bonchev–Trinajstić information content (AvgIpc) is 2.57. The fourth-order valence-corrected chi connectivity index (χ4v) is 4.09. The maximum absolute atomic E-state index is 11.2. The molecule has 0 radical (unpaired) electrons. The molecule has 1 aromatic rings. The van der Waals surface area contributed by atoms with Crippen LogP contribution in [-0.4, -0.2) is 23.8 Å². The van der Waals surface area contributed by atoms with Crippen LogP contribution < -0.4 is 4.90 Å². The summed E-state index contributed by atoms with van der Waals surface area (Å²) in [6, 6.07) is 12.9. The van der Waals surface area contributed by atoms with Crippen molar-refractivity contribution in [1.82, 2.24) is 0 Å². The van der Waals surface area contributed by atoms with Gasteiger partial charge in [0.2, 0.25) is 0 Å². The fraction of sp³-hybridized carbons (Fsp3) is 0.611. The second kappa shape index (κ2) is 5.69. The first-order chi connectivity index (χ1) is 10.2. The lowest BCUT2D eigenvalue weighted by Crippen LogP contribution is -2.55. The van der Waals surface area contributed by atoms with E-state index in [9.17, 15) is 10.4 Å². The molecule has 1 aromatic carbocycles. The summed E-state index contributed by atoms with van der Waals surface area (Å²) in [4.78, 5) is 2.32. The van der Waals surface area contributed by atoms with Gasteiger partial charge in [-0.3, -0.25) is 0 Å². The number of benzene rings is 1. The molecular formula is C18H24N2O. The second-order valence-corrected chi connectivity index (χ2v) is 6.61. The normalized spacial score (nSPS) is 24.3. The summed E-state index contributed by atoms with van der Waals surface area (Å²) in [7, 11) is 0. The van der Waals surface area contributed by atoms with E-state index >= 15 is 0 Å². The summed E-state index contributed by atoms with van der Waals surface area (Å²) in [5.74, 6) is 0. The molecule has 2 aliphatic rings. The third-order valence-corrected chi connectivity index (χ3v) is 5.52. The highest BCUT2D eigenvalue weighted by atomic mass is 16.3. The first-order valence-electron chi connectivity index (χ1n) is 8.13. The zero-order valence-corrected chi connectivity index (χ0v) is 12.6. The summed E-state index contributed by atoms with van der Waals surface area (Å²) in [6.45, 7) is 1.67. The van der Waals surface area contributed by atoms with Gasteiger partial charge in [0.1, 0.15) is 0 Å². The summed E-state index contributed by atoms with van der Waals surface area (Å²) in [6.07, 6.45) is 6.51. The van der Waals surface area contributed by atoms with Gasteiger partial charge in [0.15, 0.2) is 0 Å². The Balaban J connectivity index is 1.73. The van der Waals surface area contributed by atoms with E-state index in [1.807, 2.05) is 18.2 Å². The Kier molecular flexibility index (Phi) is 3.91. The molecule has 1 saturated heterocycles. The van der Waals surface area contributed by atoms with Crippen LogP contribution in [0.5, 0.6) is 0 Å². The van der Waals surface area contributed by atoms with Crippen molar-refractivity contribution < 1.29 is 5.11 Å². The Bertz CT molecular complexity index is 506. The minimum Gasteiger partial charge on any atom is -0.388 e. The first kappa shape index (κ1) is 14.4. The Labute approximate surface area is 127 Å². The zero-order valence-electron chi connectivity index (χ0n) is 12.6. The van der Waals surface area contributed by atoms with Gasteiger partial charge in [0, 0.05) is 18.8 Å². The van der Waals surface area contributed by atoms with Crippen molar-refractivity contribution in [2.75, 3.05) is 18.0 Å². The van der Waals surface area contributed by atoms with Crippen molar-refractivity contribution in [1.29, 1.82) is 5.26 Å². The minimum atomic E-state index is -0.798. The molecule has 3 heteroatoms. The molecule has 1 saturated carbocycles. The maximum Gasteiger partial charge on any atom is 0.0866 e. The lowest BCUT2D eigenvalue weighted by Gasteiger charge is -2.49.